The lowest BCUT2D eigenvalue weighted by atomic mass is 10.1. The number of anilines is 1. The van der Waals surface area contributed by atoms with Gasteiger partial charge in [0.05, 0.1) is 23.4 Å². The molecule has 0 aliphatic carbocycles. The van der Waals surface area contributed by atoms with Gasteiger partial charge < -0.3 is 19.9 Å². The first-order chi connectivity index (χ1) is 14.0. The number of halogens is 1. The van der Waals surface area contributed by atoms with Gasteiger partial charge in [0.15, 0.2) is 11.5 Å². The van der Waals surface area contributed by atoms with E-state index in [2.05, 4.69) is 11.4 Å². The van der Waals surface area contributed by atoms with Crippen LogP contribution in [0.2, 0.25) is 5.02 Å². The number of hydrogen-bond donors (Lipinski definition) is 2. The minimum absolute atomic E-state index is 0.165. The van der Waals surface area contributed by atoms with Gasteiger partial charge >= 0.3 is 5.97 Å². The fourth-order valence-corrected chi connectivity index (χ4v) is 3.15. The second kappa shape index (κ2) is 9.34. The summed E-state index contributed by atoms with van der Waals surface area (Å²) in [4.78, 5) is 11.2. The second-order valence-electron chi connectivity index (χ2n) is 6.58. The molecule has 2 N–H and O–H groups in total. The van der Waals surface area contributed by atoms with E-state index in [1.165, 1.54) is 17.7 Å². The second-order valence-corrected chi connectivity index (χ2v) is 6.99. The number of carbonyl (C=O) groups is 1. The number of hydrogen-bond acceptors (Lipinski definition) is 4. The van der Waals surface area contributed by atoms with E-state index in [1.807, 2.05) is 43.3 Å². The van der Waals surface area contributed by atoms with Gasteiger partial charge in [-0.1, -0.05) is 53.6 Å². The van der Waals surface area contributed by atoms with Gasteiger partial charge in [0.2, 0.25) is 0 Å². The number of nitrogens with one attached hydrogen (secondary N) is 1. The molecule has 0 saturated heterocycles. The quantitative estimate of drug-likeness (QED) is 0.509. The molecule has 0 aliphatic rings. The number of carboxylic acids is 1. The van der Waals surface area contributed by atoms with E-state index in [0.29, 0.717) is 35.4 Å². The van der Waals surface area contributed by atoms with E-state index >= 15 is 0 Å². The summed E-state index contributed by atoms with van der Waals surface area (Å²) in [6.45, 7) is 2.84. The molecule has 6 heteroatoms. The van der Waals surface area contributed by atoms with Crippen LogP contribution in [0.25, 0.3) is 0 Å². The van der Waals surface area contributed by atoms with Crippen LogP contribution >= 0.6 is 11.6 Å². The van der Waals surface area contributed by atoms with Gasteiger partial charge in [0, 0.05) is 12.1 Å². The van der Waals surface area contributed by atoms with Crippen LogP contribution in [0.3, 0.4) is 0 Å². The Hall–Kier alpha value is -3.18. The van der Waals surface area contributed by atoms with Crippen LogP contribution in [-0.2, 0) is 13.2 Å². The molecule has 0 aromatic heterocycles. The van der Waals surface area contributed by atoms with Crippen LogP contribution in [0.1, 0.15) is 27.0 Å². The number of aryl methyl sites for hydroxylation is 1. The van der Waals surface area contributed by atoms with E-state index in [9.17, 15) is 9.90 Å². The molecular formula is C23H22ClNO4. The Kier molecular flexibility index (Phi) is 6.62. The predicted molar refractivity (Wildman–Crippen MR) is 114 cm³/mol. The van der Waals surface area contributed by atoms with Crippen molar-refractivity contribution in [2.45, 2.75) is 20.1 Å². The minimum atomic E-state index is -1.01. The maximum atomic E-state index is 11.2. The smallest absolute Gasteiger partial charge is 0.335 e. The van der Waals surface area contributed by atoms with Crippen molar-refractivity contribution in [2.75, 3.05) is 12.4 Å². The number of rotatable bonds is 8. The first kappa shape index (κ1) is 20.6. The largest absolute Gasteiger partial charge is 0.493 e. The average molecular weight is 412 g/mol. The number of aromatic carboxylic acids is 1. The van der Waals surface area contributed by atoms with Crippen molar-refractivity contribution in [3.8, 4) is 11.5 Å². The number of carboxylic acid groups (broad SMARTS) is 1. The summed E-state index contributed by atoms with van der Waals surface area (Å²) >= 11 is 6.21. The summed E-state index contributed by atoms with van der Waals surface area (Å²) in [6.07, 6.45) is 0. The maximum absolute atomic E-state index is 11.2. The van der Waals surface area contributed by atoms with Gasteiger partial charge in [0.1, 0.15) is 6.61 Å². The van der Waals surface area contributed by atoms with Gasteiger partial charge in [-0.15, -0.1) is 0 Å². The first-order valence-corrected chi connectivity index (χ1v) is 9.46. The summed E-state index contributed by atoms with van der Waals surface area (Å²) in [6, 6.07) is 18.3. The van der Waals surface area contributed by atoms with Gasteiger partial charge in [-0.05, 0) is 36.8 Å². The molecule has 0 saturated carbocycles. The van der Waals surface area contributed by atoms with Crippen molar-refractivity contribution in [3.05, 3.63) is 87.9 Å². The lowest BCUT2D eigenvalue weighted by Gasteiger charge is -2.17. The minimum Gasteiger partial charge on any atom is -0.493 e. The molecule has 5 nitrogen and oxygen atoms in total. The van der Waals surface area contributed by atoms with Crippen molar-refractivity contribution >= 4 is 23.3 Å². The van der Waals surface area contributed by atoms with Crippen LogP contribution in [0, 0.1) is 6.92 Å². The lowest BCUT2D eigenvalue weighted by Crippen LogP contribution is -2.06. The van der Waals surface area contributed by atoms with Crippen LogP contribution in [-0.4, -0.2) is 18.2 Å². The lowest BCUT2D eigenvalue weighted by molar-refractivity contribution is 0.0697. The Bertz CT molecular complexity index is 1020. The SMILES string of the molecule is COc1cccc(CNc2cc(C(=O)O)ccc2Cl)c1OCc1cccc(C)c1. The maximum Gasteiger partial charge on any atom is 0.335 e. The third kappa shape index (κ3) is 5.21. The number of benzene rings is 3. The molecule has 0 aliphatic heterocycles. The summed E-state index contributed by atoms with van der Waals surface area (Å²) < 4.78 is 11.6. The third-order valence-electron chi connectivity index (χ3n) is 4.43. The van der Waals surface area contributed by atoms with Gasteiger partial charge in [0.25, 0.3) is 0 Å². The highest BCUT2D eigenvalue weighted by molar-refractivity contribution is 6.33. The van der Waals surface area contributed by atoms with E-state index in [1.54, 1.807) is 13.2 Å². The van der Waals surface area contributed by atoms with Crippen molar-refractivity contribution in [2.24, 2.45) is 0 Å². The fourth-order valence-electron chi connectivity index (χ4n) is 2.97. The zero-order valence-electron chi connectivity index (χ0n) is 16.2. The van der Waals surface area contributed by atoms with Crippen molar-refractivity contribution in [1.29, 1.82) is 0 Å². The monoisotopic (exact) mass is 411 g/mol. The molecule has 150 valence electrons. The predicted octanol–water partition coefficient (Wildman–Crippen LogP) is 5.55. The Morgan fingerprint density at radius 3 is 2.62 bits per heavy atom. The Morgan fingerprint density at radius 2 is 1.90 bits per heavy atom. The molecule has 3 aromatic rings. The molecule has 0 radical (unpaired) electrons. The molecule has 0 bridgehead atoms. The van der Waals surface area contributed by atoms with Crippen LogP contribution < -0.4 is 14.8 Å². The van der Waals surface area contributed by atoms with Gasteiger partial charge in [-0.2, -0.15) is 0 Å². The van der Waals surface area contributed by atoms with E-state index in [4.69, 9.17) is 21.1 Å². The topological polar surface area (TPSA) is 67.8 Å². The molecule has 0 fully saturated rings. The van der Waals surface area contributed by atoms with Crippen LogP contribution in [0.15, 0.2) is 60.7 Å². The Labute approximate surface area is 174 Å². The van der Waals surface area contributed by atoms with E-state index in [-0.39, 0.29) is 5.56 Å². The highest BCUT2D eigenvalue weighted by Crippen LogP contribution is 2.33. The number of ether oxygens (including phenoxy) is 2. The number of methoxy groups -OCH3 is 1. The van der Waals surface area contributed by atoms with Crippen LogP contribution in [0.5, 0.6) is 11.5 Å². The molecule has 3 rings (SSSR count). The van der Waals surface area contributed by atoms with E-state index < -0.39 is 5.97 Å². The average Bonchev–Trinajstić information content (AvgIpc) is 2.71. The molecule has 29 heavy (non-hydrogen) atoms. The highest BCUT2D eigenvalue weighted by atomic mass is 35.5. The summed E-state index contributed by atoms with van der Waals surface area (Å²) in [5.41, 5.74) is 3.80. The Morgan fingerprint density at radius 1 is 1.10 bits per heavy atom. The summed E-state index contributed by atoms with van der Waals surface area (Å²) in [5, 5.41) is 12.8. The van der Waals surface area contributed by atoms with Gasteiger partial charge in [-0.25, -0.2) is 4.79 Å². The molecule has 0 atom stereocenters. The normalized spacial score (nSPS) is 10.4. The molecule has 0 unspecified atom stereocenters. The van der Waals surface area contributed by atoms with Crippen molar-refractivity contribution < 1.29 is 19.4 Å². The van der Waals surface area contributed by atoms with Gasteiger partial charge in [-0.3, -0.25) is 0 Å². The standard InChI is InChI=1S/C23H22ClNO4/c1-15-5-3-6-16(11-15)14-29-22-18(7-4-8-21(22)28-2)13-25-20-12-17(23(26)27)9-10-19(20)24/h3-12,25H,13-14H2,1-2H3,(H,26,27). The van der Waals surface area contributed by atoms with Crippen LogP contribution in [0.4, 0.5) is 5.69 Å². The molecule has 0 spiro atoms. The fraction of sp³-hybridized carbons (Fsp3) is 0.174. The zero-order valence-corrected chi connectivity index (χ0v) is 17.0. The molecule has 0 heterocycles. The number of para-hydroxylation sites is 1. The Balaban J connectivity index is 1.81. The molecule has 3 aromatic carbocycles. The summed E-state index contributed by atoms with van der Waals surface area (Å²) in [7, 11) is 1.60. The summed E-state index contributed by atoms with van der Waals surface area (Å²) in [5.74, 6) is 0.255. The first-order valence-electron chi connectivity index (χ1n) is 9.09. The molecule has 0 amide bonds. The van der Waals surface area contributed by atoms with Crippen molar-refractivity contribution in [1.82, 2.24) is 0 Å². The third-order valence-corrected chi connectivity index (χ3v) is 4.76. The molecular weight excluding hydrogens is 390 g/mol. The van der Waals surface area contributed by atoms with Crippen molar-refractivity contribution in [3.63, 3.8) is 0 Å². The highest BCUT2D eigenvalue weighted by Gasteiger charge is 2.13. The van der Waals surface area contributed by atoms with E-state index in [0.717, 1.165) is 11.1 Å². The zero-order chi connectivity index (χ0) is 20.8.